The molecule has 0 aliphatic rings. The second kappa shape index (κ2) is 9.92. The number of halogens is 1. The average Bonchev–Trinajstić information content (AvgIpc) is 2.75. The standard InChI is InChI=1S/C24H25FN2O2/c1-3-5-7-20-15-27-22(16-26-20)18-9-11-19(12-10-18)24(28)29-23-13-8-17(6-4-2)14-21(23)25/h8-16H,3-7H2,1-2H3. The lowest BCUT2D eigenvalue weighted by Gasteiger charge is -2.08. The minimum atomic E-state index is -0.598. The van der Waals surface area contributed by atoms with Crippen LogP contribution in [0.15, 0.2) is 54.9 Å². The van der Waals surface area contributed by atoms with Crippen LogP contribution in [-0.2, 0) is 12.8 Å². The van der Waals surface area contributed by atoms with Crippen LogP contribution in [0.5, 0.6) is 5.75 Å². The number of nitrogens with zero attached hydrogens (tertiary/aromatic N) is 2. The Kier molecular flexibility index (Phi) is 7.06. The van der Waals surface area contributed by atoms with Crippen molar-refractivity contribution < 1.29 is 13.9 Å². The zero-order valence-corrected chi connectivity index (χ0v) is 16.8. The van der Waals surface area contributed by atoms with E-state index in [0.717, 1.165) is 54.6 Å². The summed E-state index contributed by atoms with van der Waals surface area (Å²) in [5, 5.41) is 0. The predicted molar refractivity (Wildman–Crippen MR) is 111 cm³/mol. The smallest absolute Gasteiger partial charge is 0.343 e. The van der Waals surface area contributed by atoms with Gasteiger partial charge in [0.2, 0.25) is 0 Å². The predicted octanol–water partition coefficient (Wildman–Crippen LogP) is 5.80. The Morgan fingerprint density at radius 3 is 2.38 bits per heavy atom. The van der Waals surface area contributed by atoms with E-state index < -0.39 is 11.8 Å². The quantitative estimate of drug-likeness (QED) is 0.359. The summed E-state index contributed by atoms with van der Waals surface area (Å²) in [5.74, 6) is -1.19. The van der Waals surface area contributed by atoms with E-state index in [-0.39, 0.29) is 5.75 Å². The van der Waals surface area contributed by atoms with Gasteiger partial charge in [0.05, 0.1) is 23.1 Å². The Morgan fingerprint density at radius 1 is 0.966 bits per heavy atom. The third-order valence-corrected chi connectivity index (χ3v) is 4.65. The molecule has 4 nitrogen and oxygen atoms in total. The Balaban J connectivity index is 1.67. The highest BCUT2D eigenvalue weighted by molar-refractivity contribution is 5.91. The monoisotopic (exact) mass is 392 g/mol. The van der Waals surface area contributed by atoms with Gasteiger partial charge in [-0.3, -0.25) is 9.97 Å². The zero-order chi connectivity index (χ0) is 20.6. The van der Waals surface area contributed by atoms with Gasteiger partial charge >= 0.3 is 5.97 Å². The molecule has 5 heteroatoms. The van der Waals surface area contributed by atoms with E-state index in [2.05, 4.69) is 16.9 Å². The zero-order valence-electron chi connectivity index (χ0n) is 16.8. The Bertz CT molecular complexity index is 954. The minimum Gasteiger partial charge on any atom is -0.420 e. The number of rotatable bonds is 8. The van der Waals surface area contributed by atoms with E-state index in [1.165, 1.54) is 12.1 Å². The highest BCUT2D eigenvalue weighted by Crippen LogP contribution is 2.22. The summed E-state index contributed by atoms with van der Waals surface area (Å²) in [7, 11) is 0. The summed E-state index contributed by atoms with van der Waals surface area (Å²) in [6.07, 6.45) is 8.38. The molecule has 0 unspecified atom stereocenters. The molecular weight excluding hydrogens is 367 g/mol. The lowest BCUT2D eigenvalue weighted by molar-refractivity contribution is 0.0728. The Morgan fingerprint density at radius 2 is 1.76 bits per heavy atom. The van der Waals surface area contributed by atoms with E-state index in [0.29, 0.717) is 5.56 Å². The van der Waals surface area contributed by atoms with Crippen molar-refractivity contribution in [1.82, 2.24) is 9.97 Å². The van der Waals surface area contributed by atoms with Crippen LogP contribution >= 0.6 is 0 Å². The molecule has 3 aromatic rings. The summed E-state index contributed by atoms with van der Waals surface area (Å²) in [5.41, 5.74) is 3.80. The van der Waals surface area contributed by atoms with E-state index in [4.69, 9.17) is 4.74 Å². The fourth-order valence-electron chi connectivity index (χ4n) is 3.00. The van der Waals surface area contributed by atoms with E-state index in [9.17, 15) is 9.18 Å². The first kappa shape index (κ1) is 20.6. The topological polar surface area (TPSA) is 52.1 Å². The number of hydrogen-bond donors (Lipinski definition) is 0. The lowest BCUT2D eigenvalue weighted by Crippen LogP contribution is -2.09. The van der Waals surface area contributed by atoms with Crippen molar-refractivity contribution >= 4 is 5.97 Å². The van der Waals surface area contributed by atoms with E-state index in [1.54, 1.807) is 42.7 Å². The maximum Gasteiger partial charge on any atom is 0.343 e. The molecule has 0 amide bonds. The van der Waals surface area contributed by atoms with Gasteiger partial charge < -0.3 is 4.74 Å². The van der Waals surface area contributed by atoms with Crippen LogP contribution in [0.4, 0.5) is 4.39 Å². The molecule has 0 fully saturated rings. The molecule has 0 atom stereocenters. The largest absolute Gasteiger partial charge is 0.420 e. The Hall–Kier alpha value is -3.08. The SMILES string of the molecule is CCCCc1cnc(-c2ccc(C(=O)Oc3ccc(CCC)cc3F)cc2)cn1. The van der Waals surface area contributed by atoms with Gasteiger partial charge in [-0.15, -0.1) is 0 Å². The number of esters is 1. The molecule has 1 heterocycles. The van der Waals surface area contributed by atoms with Crippen LogP contribution in [0, 0.1) is 5.82 Å². The molecule has 2 aromatic carbocycles. The number of aromatic nitrogens is 2. The van der Waals surface area contributed by atoms with Gasteiger partial charge in [0.25, 0.3) is 0 Å². The van der Waals surface area contributed by atoms with Gasteiger partial charge in [-0.2, -0.15) is 0 Å². The van der Waals surface area contributed by atoms with Crippen molar-refractivity contribution in [1.29, 1.82) is 0 Å². The van der Waals surface area contributed by atoms with Crippen molar-refractivity contribution in [2.24, 2.45) is 0 Å². The third kappa shape index (κ3) is 5.47. The molecule has 0 spiro atoms. The van der Waals surface area contributed by atoms with Crippen LogP contribution < -0.4 is 4.74 Å². The van der Waals surface area contributed by atoms with Crippen LogP contribution in [0.2, 0.25) is 0 Å². The van der Waals surface area contributed by atoms with E-state index in [1.807, 2.05) is 6.92 Å². The summed E-state index contributed by atoms with van der Waals surface area (Å²) in [6.45, 7) is 4.17. The summed E-state index contributed by atoms with van der Waals surface area (Å²) >= 11 is 0. The number of ether oxygens (including phenoxy) is 1. The van der Waals surface area contributed by atoms with Gasteiger partial charge in [0, 0.05) is 11.8 Å². The maximum atomic E-state index is 14.2. The molecule has 0 bridgehead atoms. The van der Waals surface area contributed by atoms with Crippen LogP contribution in [-0.4, -0.2) is 15.9 Å². The highest BCUT2D eigenvalue weighted by atomic mass is 19.1. The van der Waals surface area contributed by atoms with Gasteiger partial charge in [-0.05, 0) is 49.1 Å². The second-order valence-electron chi connectivity index (χ2n) is 6.98. The number of hydrogen-bond acceptors (Lipinski definition) is 4. The lowest BCUT2D eigenvalue weighted by atomic mass is 10.1. The van der Waals surface area contributed by atoms with Crippen LogP contribution in [0.3, 0.4) is 0 Å². The second-order valence-corrected chi connectivity index (χ2v) is 6.98. The number of aryl methyl sites for hydroxylation is 2. The maximum absolute atomic E-state index is 14.2. The van der Waals surface area contributed by atoms with Gasteiger partial charge in [0.1, 0.15) is 0 Å². The van der Waals surface area contributed by atoms with Gasteiger partial charge in [0.15, 0.2) is 11.6 Å². The van der Waals surface area contributed by atoms with Crippen molar-refractivity contribution in [3.8, 4) is 17.0 Å². The fourth-order valence-corrected chi connectivity index (χ4v) is 3.00. The first-order chi connectivity index (χ1) is 14.1. The molecule has 29 heavy (non-hydrogen) atoms. The van der Waals surface area contributed by atoms with Crippen LogP contribution in [0.25, 0.3) is 11.3 Å². The van der Waals surface area contributed by atoms with Gasteiger partial charge in [-0.25, -0.2) is 9.18 Å². The fraction of sp³-hybridized carbons (Fsp3) is 0.292. The highest BCUT2D eigenvalue weighted by Gasteiger charge is 2.13. The van der Waals surface area contributed by atoms with Gasteiger partial charge in [-0.1, -0.05) is 44.9 Å². The van der Waals surface area contributed by atoms with Crippen molar-refractivity contribution in [3.05, 3.63) is 77.5 Å². The minimum absolute atomic E-state index is 0.0625. The number of benzene rings is 2. The molecule has 0 N–H and O–H groups in total. The molecule has 1 aromatic heterocycles. The number of carbonyl (C=O) groups excluding carboxylic acids is 1. The molecule has 0 aliphatic carbocycles. The van der Waals surface area contributed by atoms with E-state index >= 15 is 0 Å². The molecule has 0 saturated carbocycles. The molecule has 0 aliphatic heterocycles. The number of carbonyl (C=O) groups is 1. The summed E-state index contributed by atoms with van der Waals surface area (Å²) in [6, 6.07) is 11.6. The first-order valence-electron chi connectivity index (χ1n) is 10.0. The molecule has 0 saturated heterocycles. The average molecular weight is 392 g/mol. The summed E-state index contributed by atoms with van der Waals surface area (Å²) in [4.78, 5) is 21.2. The van der Waals surface area contributed by atoms with Crippen molar-refractivity contribution in [2.75, 3.05) is 0 Å². The molecule has 3 rings (SSSR count). The molecule has 0 radical (unpaired) electrons. The normalized spacial score (nSPS) is 10.7. The molecular formula is C24H25FN2O2. The van der Waals surface area contributed by atoms with Crippen molar-refractivity contribution in [3.63, 3.8) is 0 Å². The van der Waals surface area contributed by atoms with Crippen molar-refractivity contribution in [2.45, 2.75) is 46.0 Å². The number of unbranched alkanes of at least 4 members (excludes halogenated alkanes) is 1. The first-order valence-corrected chi connectivity index (χ1v) is 10.0. The molecule has 150 valence electrons. The summed E-state index contributed by atoms with van der Waals surface area (Å²) < 4.78 is 19.4. The Labute approximate surface area is 170 Å². The van der Waals surface area contributed by atoms with Crippen LogP contribution in [0.1, 0.15) is 54.7 Å². The third-order valence-electron chi connectivity index (χ3n) is 4.65.